The fourth-order valence-corrected chi connectivity index (χ4v) is 3.73. The Bertz CT molecular complexity index is 1410. The van der Waals surface area contributed by atoms with Crippen molar-refractivity contribution in [1.82, 2.24) is 4.98 Å². The molecule has 9 nitrogen and oxygen atoms in total. The predicted molar refractivity (Wildman–Crippen MR) is 116 cm³/mol. The molecule has 0 unspecified atom stereocenters. The number of nitro benzene ring substituents is 1. The Morgan fingerprint density at radius 3 is 2.84 bits per heavy atom. The van der Waals surface area contributed by atoms with Gasteiger partial charge in [-0.25, -0.2) is 0 Å². The van der Waals surface area contributed by atoms with Crippen molar-refractivity contribution in [2.75, 3.05) is 5.43 Å². The normalized spacial score (nSPS) is 11.3. The number of nitro groups is 1. The topological polar surface area (TPSA) is 131 Å². The number of non-ortho nitro benzene ring substituents is 1. The highest BCUT2D eigenvalue weighted by Crippen LogP contribution is 2.26. The van der Waals surface area contributed by atoms with Crippen LogP contribution in [0.25, 0.3) is 16.7 Å². The third-order valence-corrected chi connectivity index (χ3v) is 5.26. The van der Waals surface area contributed by atoms with Gasteiger partial charge in [-0.05, 0) is 37.1 Å². The van der Waals surface area contributed by atoms with Crippen LogP contribution in [0.1, 0.15) is 29.2 Å². The zero-order valence-corrected chi connectivity index (χ0v) is 16.9. The molecule has 2 aromatic heterocycles. The van der Waals surface area contributed by atoms with Crippen molar-refractivity contribution in [3.8, 4) is 11.8 Å². The van der Waals surface area contributed by atoms with E-state index in [1.165, 1.54) is 24.4 Å². The molecule has 0 aliphatic carbocycles. The van der Waals surface area contributed by atoms with Crippen molar-refractivity contribution < 1.29 is 14.4 Å². The molecule has 0 aliphatic rings. The Balaban J connectivity index is 1.88. The zero-order valence-electron chi connectivity index (χ0n) is 16.9. The number of pyridine rings is 1. The van der Waals surface area contributed by atoms with Gasteiger partial charge < -0.3 is 5.11 Å². The third-order valence-electron chi connectivity index (χ3n) is 5.26. The largest absolute Gasteiger partial charge is 0.507 e. The summed E-state index contributed by atoms with van der Waals surface area (Å²) < 4.78 is 1.91. The summed E-state index contributed by atoms with van der Waals surface area (Å²) in [5.74, 6) is 0.556. The number of H-pyrrole nitrogens is 1. The van der Waals surface area contributed by atoms with E-state index in [-0.39, 0.29) is 17.0 Å². The summed E-state index contributed by atoms with van der Waals surface area (Å²) >= 11 is 0. The average Bonchev–Trinajstić information content (AvgIpc) is 3.14. The summed E-state index contributed by atoms with van der Waals surface area (Å²) in [6.07, 6.45) is 1.99. The number of aromatic nitrogens is 2. The Morgan fingerprint density at radius 2 is 2.13 bits per heavy atom. The number of para-hydroxylation sites is 2. The number of phenolic OH excluding ortho intramolecular Hbond substituents is 1. The van der Waals surface area contributed by atoms with Crippen molar-refractivity contribution in [2.24, 2.45) is 5.10 Å². The summed E-state index contributed by atoms with van der Waals surface area (Å²) in [6, 6.07) is 13.7. The zero-order chi connectivity index (χ0) is 22.1. The fraction of sp³-hybridized carbons (Fsp3) is 0.136. The monoisotopic (exact) mass is 415 g/mol. The number of nitrogens with one attached hydrogen (secondary N) is 2. The Kier molecular flexibility index (Phi) is 4.97. The maximum Gasteiger partial charge on any atom is 0.270 e. The van der Waals surface area contributed by atoms with Gasteiger partial charge in [-0.15, -0.1) is 5.10 Å². The average molecular weight is 415 g/mol. The lowest BCUT2D eigenvalue weighted by Gasteiger charge is -2.10. The molecular weight excluding hydrogens is 396 g/mol. The van der Waals surface area contributed by atoms with E-state index >= 15 is 0 Å². The molecule has 3 N–H and O–H groups in total. The molecule has 154 valence electrons. The molecule has 4 aromatic rings. The number of phenols is 1. The number of imidazole rings is 1. The van der Waals surface area contributed by atoms with Crippen LogP contribution in [0.3, 0.4) is 0 Å². The van der Waals surface area contributed by atoms with Crippen LogP contribution < -0.4 is 9.83 Å². The minimum Gasteiger partial charge on any atom is -0.507 e. The van der Waals surface area contributed by atoms with E-state index in [1.54, 1.807) is 0 Å². The second-order valence-electron chi connectivity index (χ2n) is 6.99. The van der Waals surface area contributed by atoms with Crippen LogP contribution in [-0.2, 0) is 6.42 Å². The molecule has 9 heteroatoms. The van der Waals surface area contributed by atoms with Gasteiger partial charge in [0.25, 0.3) is 11.5 Å². The number of nitrogens with zero attached hydrogens (tertiary/aromatic N) is 4. The van der Waals surface area contributed by atoms with Gasteiger partial charge in [0.15, 0.2) is 0 Å². The van der Waals surface area contributed by atoms with Crippen molar-refractivity contribution in [2.45, 2.75) is 20.3 Å². The van der Waals surface area contributed by atoms with Gasteiger partial charge in [-0.2, -0.15) is 15.1 Å². The smallest absolute Gasteiger partial charge is 0.270 e. The van der Waals surface area contributed by atoms with Gasteiger partial charge in [0.05, 0.1) is 11.1 Å². The van der Waals surface area contributed by atoms with Crippen LogP contribution in [0.4, 0.5) is 11.5 Å². The fourth-order valence-electron chi connectivity index (χ4n) is 3.73. The minimum absolute atomic E-state index is 0.118. The summed E-state index contributed by atoms with van der Waals surface area (Å²) in [4.78, 5) is 13.8. The molecule has 0 amide bonds. The van der Waals surface area contributed by atoms with E-state index < -0.39 is 4.92 Å². The van der Waals surface area contributed by atoms with Gasteiger partial charge in [-0.3, -0.25) is 15.1 Å². The molecule has 0 atom stereocenters. The van der Waals surface area contributed by atoms with Gasteiger partial charge in [0, 0.05) is 23.3 Å². The first kappa shape index (κ1) is 19.8. The lowest BCUT2D eigenvalue weighted by Crippen LogP contribution is -2.28. The molecule has 31 heavy (non-hydrogen) atoms. The maximum atomic E-state index is 11.0. The SMILES string of the molecule is CCc1c(C)c(C#N)c2[nH]c3ccccc3[n+]2c1NN=Cc1cc([N+](=O)[O-])ccc1O. The molecule has 0 saturated heterocycles. The number of hydrogen-bond donors (Lipinski definition) is 3. The Morgan fingerprint density at radius 1 is 1.35 bits per heavy atom. The summed E-state index contributed by atoms with van der Waals surface area (Å²) in [5, 5.41) is 35.0. The summed E-state index contributed by atoms with van der Waals surface area (Å²) in [5.41, 5.74) is 7.80. The van der Waals surface area contributed by atoms with E-state index in [0.29, 0.717) is 23.4 Å². The van der Waals surface area contributed by atoms with Crippen LogP contribution in [-0.4, -0.2) is 21.2 Å². The second kappa shape index (κ2) is 7.76. The molecule has 0 fully saturated rings. The van der Waals surface area contributed by atoms with E-state index in [9.17, 15) is 20.5 Å². The van der Waals surface area contributed by atoms with Crippen LogP contribution >= 0.6 is 0 Å². The number of hydrogen-bond acceptors (Lipinski definition) is 6. The first-order valence-electron chi connectivity index (χ1n) is 9.60. The van der Waals surface area contributed by atoms with Crippen LogP contribution in [0.2, 0.25) is 0 Å². The minimum atomic E-state index is -0.533. The number of benzene rings is 2. The molecule has 2 aromatic carbocycles. The quantitative estimate of drug-likeness (QED) is 0.198. The third kappa shape index (κ3) is 3.30. The van der Waals surface area contributed by atoms with Crippen LogP contribution in [0.5, 0.6) is 5.75 Å². The predicted octanol–water partition coefficient (Wildman–Crippen LogP) is 3.71. The highest BCUT2D eigenvalue weighted by molar-refractivity contribution is 5.85. The van der Waals surface area contributed by atoms with Gasteiger partial charge >= 0.3 is 0 Å². The molecule has 0 aliphatic heterocycles. The number of anilines is 1. The molecule has 4 rings (SSSR count). The van der Waals surface area contributed by atoms with Crippen molar-refractivity contribution >= 4 is 34.4 Å². The van der Waals surface area contributed by atoms with Gasteiger partial charge in [-0.1, -0.05) is 19.1 Å². The van der Waals surface area contributed by atoms with Gasteiger partial charge in [0.2, 0.25) is 5.65 Å². The first-order valence-corrected chi connectivity index (χ1v) is 9.60. The second-order valence-corrected chi connectivity index (χ2v) is 6.99. The molecule has 0 spiro atoms. The van der Waals surface area contributed by atoms with E-state index in [2.05, 4.69) is 21.6 Å². The molecular formula is C22H19N6O3+. The van der Waals surface area contributed by atoms with Gasteiger partial charge in [0.1, 0.15) is 28.4 Å². The van der Waals surface area contributed by atoms with Crippen LogP contribution in [0, 0.1) is 28.4 Å². The van der Waals surface area contributed by atoms with Crippen molar-refractivity contribution in [3.05, 3.63) is 74.8 Å². The lowest BCUT2D eigenvalue weighted by molar-refractivity contribution is -0.465. The number of aromatic amines is 1. The number of rotatable bonds is 5. The molecule has 0 bridgehead atoms. The molecule has 2 heterocycles. The van der Waals surface area contributed by atoms with E-state index in [1.807, 2.05) is 42.5 Å². The van der Waals surface area contributed by atoms with Crippen molar-refractivity contribution in [3.63, 3.8) is 0 Å². The molecule has 0 saturated carbocycles. The highest BCUT2D eigenvalue weighted by atomic mass is 16.6. The number of fused-ring (bicyclic) bond motifs is 3. The summed E-state index contributed by atoms with van der Waals surface area (Å²) in [6.45, 7) is 3.89. The maximum absolute atomic E-state index is 11.0. The Hall–Kier alpha value is -4.45. The van der Waals surface area contributed by atoms with E-state index in [4.69, 9.17) is 0 Å². The number of aromatic hydroxyl groups is 1. The van der Waals surface area contributed by atoms with E-state index in [0.717, 1.165) is 22.2 Å². The standard InChI is InChI=1S/C22H18N6O3/c1-3-16-13(2)17(11-23)21-25-18-6-4-5-7-19(18)27(21)22(16)26-24-12-14-10-15(28(30)31)8-9-20(14)29/h4-10,12H,3H2,1-2H3,(H2,24,25,26,29)/p+1. The lowest BCUT2D eigenvalue weighted by atomic mass is 10.0. The first-order chi connectivity index (χ1) is 15.0. The van der Waals surface area contributed by atoms with Crippen molar-refractivity contribution in [1.29, 1.82) is 5.26 Å². The number of hydrazone groups is 1. The number of nitriles is 1. The summed E-state index contributed by atoms with van der Waals surface area (Å²) in [7, 11) is 0. The molecule has 0 radical (unpaired) electrons. The Labute approximate surface area is 177 Å². The highest BCUT2D eigenvalue weighted by Gasteiger charge is 2.24. The van der Waals surface area contributed by atoms with Crippen LogP contribution in [0.15, 0.2) is 47.6 Å².